The van der Waals surface area contributed by atoms with E-state index in [4.69, 9.17) is 13.6 Å². The molecule has 8 heteroatoms. The molecule has 0 aromatic heterocycles. The van der Waals surface area contributed by atoms with Crippen LogP contribution in [0.2, 0.25) is 0 Å². The van der Waals surface area contributed by atoms with Gasteiger partial charge >= 0.3 is 7.82 Å². The number of hydrogen-bond donors (Lipinski definition) is 1. The second kappa shape index (κ2) is 10.6. The van der Waals surface area contributed by atoms with Crippen molar-refractivity contribution in [2.45, 2.75) is 6.92 Å². The molecule has 6 rings (SSSR count). The van der Waals surface area contributed by atoms with Gasteiger partial charge in [0.1, 0.15) is 11.5 Å². The van der Waals surface area contributed by atoms with Gasteiger partial charge in [0.2, 0.25) is 0 Å². The Labute approximate surface area is 232 Å². The minimum Gasteiger partial charge on any atom is -0.395 e. The molecule has 0 radical (unpaired) electrons. The maximum atomic E-state index is 15.2. The zero-order valence-corrected chi connectivity index (χ0v) is 23.4. The fraction of sp³-hybridized carbons (Fsp3) is 0.0625. The van der Waals surface area contributed by atoms with Crippen molar-refractivity contribution in [2.24, 2.45) is 0 Å². The highest BCUT2D eigenvalue weighted by atomic mass is 31.2. The van der Waals surface area contributed by atoms with Gasteiger partial charge in [0, 0.05) is 22.0 Å². The summed E-state index contributed by atoms with van der Waals surface area (Å²) in [5, 5.41) is 1.03. The van der Waals surface area contributed by atoms with Crippen LogP contribution in [0.3, 0.4) is 0 Å². The molecular weight excluding hydrogens is 542 g/mol. The molecule has 200 valence electrons. The number of rotatable bonds is 6. The Bertz CT molecular complexity index is 1790. The Kier molecular flexibility index (Phi) is 6.95. The van der Waals surface area contributed by atoms with Crippen LogP contribution >= 0.6 is 15.2 Å². The molecular formula is C32H26O6P2. The Morgan fingerprint density at radius 3 is 1.93 bits per heavy atom. The summed E-state index contributed by atoms with van der Waals surface area (Å²) in [5.41, 5.74) is 3.85. The second-order valence-corrected chi connectivity index (χ2v) is 12.8. The average Bonchev–Trinajstić information content (AvgIpc) is 3.10. The van der Waals surface area contributed by atoms with E-state index in [0.29, 0.717) is 32.9 Å². The number of phosphoric acid groups is 1. The molecule has 5 aromatic rings. The number of para-hydroxylation sites is 2. The van der Waals surface area contributed by atoms with Crippen LogP contribution in [0.5, 0.6) is 11.5 Å². The number of fused-ring (bicyclic) bond motifs is 3. The van der Waals surface area contributed by atoms with Crippen molar-refractivity contribution < 1.29 is 27.6 Å². The minimum atomic E-state index is -4.54. The van der Waals surface area contributed by atoms with Crippen molar-refractivity contribution in [3.63, 3.8) is 0 Å². The predicted molar refractivity (Wildman–Crippen MR) is 159 cm³/mol. The van der Waals surface area contributed by atoms with Crippen LogP contribution in [0.15, 0.2) is 121 Å². The van der Waals surface area contributed by atoms with Crippen molar-refractivity contribution in [2.75, 3.05) is 6.61 Å². The Morgan fingerprint density at radius 1 is 0.675 bits per heavy atom. The van der Waals surface area contributed by atoms with E-state index in [-0.39, 0.29) is 18.1 Å². The van der Waals surface area contributed by atoms with Gasteiger partial charge in [-0.3, -0.25) is 9.46 Å². The summed E-state index contributed by atoms with van der Waals surface area (Å²) in [6, 6.07) is 36.9. The molecule has 1 aliphatic heterocycles. The van der Waals surface area contributed by atoms with Gasteiger partial charge in [-0.05, 0) is 41.8 Å². The third kappa shape index (κ3) is 4.70. The van der Waals surface area contributed by atoms with E-state index in [1.165, 1.54) is 0 Å². The highest BCUT2D eigenvalue weighted by molar-refractivity contribution is 7.75. The Morgan fingerprint density at radius 2 is 1.23 bits per heavy atom. The summed E-state index contributed by atoms with van der Waals surface area (Å²) in [5.74, 6) is 0.410. The molecule has 0 bridgehead atoms. The maximum absolute atomic E-state index is 15.2. The first kappa shape index (κ1) is 26.3. The van der Waals surface area contributed by atoms with Crippen LogP contribution in [0.1, 0.15) is 6.92 Å². The summed E-state index contributed by atoms with van der Waals surface area (Å²) in [4.78, 5) is 10.7. The van der Waals surface area contributed by atoms with Crippen LogP contribution in [0.4, 0.5) is 0 Å². The monoisotopic (exact) mass is 568 g/mol. The highest BCUT2D eigenvalue weighted by Crippen LogP contribution is 2.57. The lowest BCUT2D eigenvalue weighted by atomic mass is 9.94. The van der Waals surface area contributed by atoms with Gasteiger partial charge in [-0.1, -0.05) is 103 Å². The zero-order valence-electron chi connectivity index (χ0n) is 21.6. The van der Waals surface area contributed by atoms with Crippen LogP contribution in [0.25, 0.3) is 33.4 Å². The predicted octanol–water partition coefficient (Wildman–Crippen LogP) is 7.82. The van der Waals surface area contributed by atoms with Crippen molar-refractivity contribution in [3.05, 3.63) is 121 Å². The van der Waals surface area contributed by atoms with E-state index in [1.54, 1.807) is 30.3 Å². The topological polar surface area (TPSA) is 82.1 Å². The summed E-state index contributed by atoms with van der Waals surface area (Å²) in [7, 11) is -8.23. The van der Waals surface area contributed by atoms with Gasteiger partial charge < -0.3 is 13.6 Å². The molecule has 2 atom stereocenters. The molecule has 6 nitrogen and oxygen atoms in total. The number of hydrogen-bond acceptors (Lipinski definition) is 5. The van der Waals surface area contributed by atoms with E-state index in [9.17, 15) is 9.46 Å². The van der Waals surface area contributed by atoms with Crippen LogP contribution in [-0.4, -0.2) is 11.5 Å². The van der Waals surface area contributed by atoms with Gasteiger partial charge in [0.25, 0.3) is 7.37 Å². The highest BCUT2D eigenvalue weighted by Gasteiger charge is 2.37. The lowest BCUT2D eigenvalue weighted by Crippen LogP contribution is -2.22. The Balaban J connectivity index is 1.71. The second-order valence-electron chi connectivity index (χ2n) is 9.20. The smallest absolute Gasteiger partial charge is 0.395 e. The van der Waals surface area contributed by atoms with Crippen molar-refractivity contribution >= 4 is 25.8 Å². The SMILES string of the molecule is CCOP(=O)(c1ccccc1)c1c(-c2ccccc2)cccc1-c1cccc2c1OP(=O)(O)Oc1ccccc1-2. The molecule has 2 unspecified atom stereocenters. The molecule has 5 aromatic carbocycles. The summed E-state index contributed by atoms with van der Waals surface area (Å²) in [6.45, 7) is 2.03. The third-order valence-electron chi connectivity index (χ3n) is 6.73. The molecule has 40 heavy (non-hydrogen) atoms. The molecule has 1 N–H and O–H groups in total. The van der Waals surface area contributed by atoms with Gasteiger partial charge in [-0.15, -0.1) is 0 Å². The molecule has 0 amide bonds. The fourth-order valence-electron chi connectivity index (χ4n) is 5.09. The maximum Gasteiger partial charge on any atom is 0.584 e. The first-order chi connectivity index (χ1) is 19.4. The largest absolute Gasteiger partial charge is 0.584 e. The Hall–Kier alpha value is -3.92. The zero-order chi connectivity index (χ0) is 27.7. The molecule has 0 fully saturated rings. The first-order valence-electron chi connectivity index (χ1n) is 12.9. The van der Waals surface area contributed by atoms with E-state index in [2.05, 4.69) is 0 Å². The summed E-state index contributed by atoms with van der Waals surface area (Å²) in [6.07, 6.45) is 0. The van der Waals surface area contributed by atoms with E-state index >= 15 is 4.57 Å². The first-order valence-corrected chi connectivity index (χ1v) is 16.0. The van der Waals surface area contributed by atoms with Crippen LogP contribution in [-0.2, 0) is 13.7 Å². The average molecular weight is 569 g/mol. The molecule has 0 spiro atoms. The van der Waals surface area contributed by atoms with Gasteiger partial charge in [-0.2, -0.15) is 0 Å². The number of benzene rings is 5. The normalized spacial score (nSPS) is 17.4. The lowest BCUT2D eigenvalue weighted by molar-refractivity contribution is 0.295. The van der Waals surface area contributed by atoms with E-state index < -0.39 is 15.2 Å². The van der Waals surface area contributed by atoms with Crippen molar-refractivity contribution in [3.8, 4) is 44.9 Å². The summed E-state index contributed by atoms with van der Waals surface area (Å²) < 4.78 is 45.6. The van der Waals surface area contributed by atoms with Gasteiger partial charge in [0.05, 0.1) is 11.9 Å². The molecule has 0 saturated carbocycles. The molecule has 0 saturated heterocycles. The number of phosphoric ester groups is 1. The molecule has 1 aliphatic rings. The van der Waals surface area contributed by atoms with Crippen LogP contribution in [0, 0.1) is 0 Å². The minimum absolute atomic E-state index is 0.167. The summed E-state index contributed by atoms with van der Waals surface area (Å²) >= 11 is 0. The van der Waals surface area contributed by atoms with Crippen LogP contribution < -0.4 is 19.7 Å². The van der Waals surface area contributed by atoms with E-state index in [0.717, 1.165) is 11.1 Å². The lowest BCUT2D eigenvalue weighted by Gasteiger charge is -2.25. The van der Waals surface area contributed by atoms with E-state index in [1.807, 2.05) is 97.9 Å². The molecule has 1 heterocycles. The quantitative estimate of drug-likeness (QED) is 0.210. The standard InChI is InChI=1S/C32H26O6P2/c1-2-36-39(33,24-15-7-4-8-16-24)32-25(23-13-5-3-6-14-23)18-11-21-29(32)28-20-12-19-27-26-17-9-10-22-30(26)37-40(34,35)38-31(27)28/h3-22H,2H2,1H3,(H,34,35). The fourth-order valence-corrected chi connectivity index (χ4v) is 8.46. The van der Waals surface area contributed by atoms with Crippen molar-refractivity contribution in [1.29, 1.82) is 0 Å². The third-order valence-corrected chi connectivity index (χ3v) is 10.2. The molecule has 0 aliphatic carbocycles. The van der Waals surface area contributed by atoms with Gasteiger partial charge in [0.15, 0.2) is 0 Å². The van der Waals surface area contributed by atoms with Crippen molar-refractivity contribution in [1.82, 2.24) is 0 Å². The van der Waals surface area contributed by atoms with Gasteiger partial charge in [-0.25, -0.2) is 4.57 Å².